The first kappa shape index (κ1) is 12.8. The SMILES string of the molecule is CCOC(=O)CCC1=[N+](C)CCc2ccccc21. The first-order chi connectivity index (χ1) is 8.72. The molecular weight excluding hydrogens is 226 g/mol. The minimum Gasteiger partial charge on any atom is -0.466 e. The number of fused-ring (bicyclic) bond motifs is 1. The van der Waals surface area contributed by atoms with E-state index in [-0.39, 0.29) is 5.97 Å². The van der Waals surface area contributed by atoms with E-state index in [2.05, 4.69) is 35.9 Å². The summed E-state index contributed by atoms with van der Waals surface area (Å²) in [5, 5.41) is 0. The quantitative estimate of drug-likeness (QED) is 0.601. The molecule has 1 aromatic carbocycles. The maximum absolute atomic E-state index is 11.5. The van der Waals surface area contributed by atoms with E-state index < -0.39 is 0 Å². The lowest BCUT2D eigenvalue weighted by Crippen LogP contribution is -2.27. The molecule has 96 valence electrons. The minimum absolute atomic E-state index is 0.110. The van der Waals surface area contributed by atoms with Crippen molar-refractivity contribution in [2.75, 3.05) is 20.2 Å². The van der Waals surface area contributed by atoms with Crippen molar-refractivity contribution in [3.63, 3.8) is 0 Å². The van der Waals surface area contributed by atoms with E-state index in [0.29, 0.717) is 13.0 Å². The van der Waals surface area contributed by atoms with Crippen molar-refractivity contribution in [3.8, 4) is 0 Å². The number of likely N-dealkylation sites (N-methyl/N-ethyl adjacent to an activating group) is 1. The van der Waals surface area contributed by atoms with Gasteiger partial charge in [0, 0.05) is 18.4 Å². The Morgan fingerprint density at radius 3 is 2.94 bits per heavy atom. The van der Waals surface area contributed by atoms with Crippen LogP contribution in [0.25, 0.3) is 0 Å². The fourth-order valence-electron chi connectivity index (χ4n) is 2.43. The molecule has 0 N–H and O–H groups in total. The second kappa shape index (κ2) is 5.80. The summed E-state index contributed by atoms with van der Waals surface area (Å²) in [4.78, 5) is 11.5. The first-order valence-electron chi connectivity index (χ1n) is 6.53. The second-order valence-corrected chi connectivity index (χ2v) is 4.58. The summed E-state index contributed by atoms with van der Waals surface area (Å²) < 4.78 is 7.24. The molecule has 18 heavy (non-hydrogen) atoms. The molecule has 0 aliphatic carbocycles. The van der Waals surface area contributed by atoms with Gasteiger partial charge in [0.1, 0.15) is 13.6 Å². The number of hydrogen-bond donors (Lipinski definition) is 0. The molecular formula is C15H20NO2+. The minimum atomic E-state index is -0.110. The molecule has 2 rings (SSSR count). The lowest BCUT2D eigenvalue weighted by Gasteiger charge is -2.16. The summed E-state index contributed by atoms with van der Waals surface area (Å²) in [6, 6.07) is 8.45. The van der Waals surface area contributed by atoms with E-state index in [1.165, 1.54) is 16.8 Å². The van der Waals surface area contributed by atoms with Crippen LogP contribution in [0, 0.1) is 0 Å². The van der Waals surface area contributed by atoms with Crippen LogP contribution in [-0.2, 0) is 16.0 Å². The van der Waals surface area contributed by atoms with Gasteiger partial charge in [-0.3, -0.25) is 4.79 Å². The molecule has 0 fully saturated rings. The molecule has 0 aromatic heterocycles. The molecule has 1 aliphatic heterocycles. The summed E-state index contributed by atoms with van der Waals surface area (Å²) in [5.41, 5.74) is 3.93. The van der Waals surface area contributed by atoms with Crippen LogP contribution in [0.2, 0.25) is 0 Å². The number of esters is 1. The van der Waals surface area contributed by atoms with Crippen molar-refractivity contribution in [2.24, 2.45) is 0 Å². The number of benzene rings is 1. The molecule has 0 unspecified atom stereocenters. The highest BCUT2D eigenvalue weighted by Gasteiger charge is 2.23. The Morgan fingerprint density at radius 1 is 1.39 bits per heavy atom. The third kappa shape index (κ3) is 2.78. The third-order valence-electron chi connectivity index (χ3n) is 3.38. The van der Waals surface area contributed by atoms with Crippen LogP contribution in [-0.4, -0.2) is 36.5 Å². The van der Waals surface area contributed by atoms with Crippen LogP contribution in [0.3, 0.4) is 0 Å². The van der Waals surface area contributed by atoms with Crippen molar-refractivity contribution in [1.29, 1.82) is 0 Å². The maximum atomic E-state index is 11.5. The van der Waals surface area contributed by atoms with Crippen LogP contribution >= 0.6 is 0 Å². The van der Waals surface area contributed by atoms with Crippen LogP contribution in [0.4, 0.5) is 0 Å². The molecule has 3 heteroatoms. The smallest absolute Gasteiger partial charge is 0.306 e. The van der Waals surface area contributed by atoms with Crippen LogP contribution < -0.4 is 0 Å². The Hall–Kier alpha value is -1.64. The standard InChI is InChI=1S/C15H20NO2/c1-3-18-15(17)9-8-14-13-7-5-4-6-12(13)10-11-16(14)2/h4-7H,3,8-11H2,1-2H3/q+1. The maximum Gasteiger partial charge on any atom is 0.306 e. The molecule has 0 saturated carbocycles. The Balaban J connectivity index is 2.13. The van der Waals surface area contributed by atoms with Crippen molar-refractivity contribution >= 4 is 11.7 Å². The Morgan fingerprint density at radius 2 is 2.17 bits per heavy atom. The van der Waals surface area contributed by atoms with Gasteiger partial charge in [0.15, 0.2) is 5.71 Å². The molecule has 0 spiro atoms. The summed E-state index contributed by atoms with van der Waals surface area (Å²) >= 11 is 0. The molecule has 0 atom stereocenters. The van der Waals surface area contributed by atoms with Crippen molar-refractivity contribution in [1.82, 2.24) is 0 Å². The van der Waals surface area contributed by atoms with Gasteiger partial charge < -0.3 is 4.74 Å². The van der Waals surface area contributed by atoms with Gasteiger partial charge in [0.05, 0.1) is 13.0 Å². The van der Waals surface area contributed by atoms with Crippen molar-refractivity contribution in [2.45, 2.75) is 26.2 Å². The largest absolute Gasteiger partial charge is 0.466 e. The molecule has 0 bridgehead atoms. The highest BCUT2D eigenvalue weighted by atomic mass is 16.5. The Bertz CT molecular complexity index is 477. The average Bonchev–Trinajstić information content (AvgIpc) is 2.38. The van der Waals surface area contributed by atoms with Crippen LogP contribution in [0.1, 0.15) is 30.9 Å². The van der Waals surface area contributed by atoms with E-state index in [4.69, 9.17) is 4.74 Å². The zero-order valence-electron chi connectivity index (χ0n) is 11.1. The van der Waals surface area contributed by atoms with Gasteiger partial charge >= 0.3 is 5.97 Å². The summed E-state index contributed by atoms with van der Waals surface area (Å²) in [6.45, 7) is 3.32. The third-order valence-corrected chi connectivity index (χ3v) is 3.38. The highest BCUT2D eigenvalue weighted by Crippen LogP contribution is 2.17. The second-order valence-electron chi connectivity index (χ2n) is 4.58. The summed E-state index contributed by atoms with van der Waals surface area (Å²) in [5.74, 6) is -0.110. The highest BCUT2D eigenvalue weighted by molar-refractivity contribution is 5.99. The summed E-state index contributed by atoms with van der Waals surface area (Å²) in [7, 11) is 2.09. The first-order valence-corrected chi connectivity index (χ1v) is 6.53. The fraction of sp³-hybridized carbons (Fsp3) is 0.467. The number of ether oxygens (including phenoxy) is 1. The van der Waals surface area contributed by atoms with Gasteiger partial charge in [0.2, 0.25) is 0 Å². The number of nitrogens with zero attached hydrogens (tertiary/aromatic N) is 1. The van der Waals surface area contributed by atoms with Gasteiger partial charge in [0.25, 0.3) is 0 Å². The zero-order valence-corrected chi connectivity index (χ0v) is 11.1. The predicted octanol–water partition coefficient (Wildman–Crippen LogP) is 2.02. The van der Waals surface area contributed by atoms with E-state index >= 15 is 0 Å². The Kier molecular flexibility index (Phi) is 4.13. The molecule has 1 aliphatic rings. The van der Waals surface area contributed by atoms with Gasteiger partial charge in [-0.15, -0.1) is 0 Å². The molecule has 1 aromatic rings. The molecule has 1 heterocycles. The zero-order chi connectivity index (χ0) is 13.0. The lowest BCUT2D eigenvalue weighted by molar-refractivity contribution is -0.499. The summed E-state index contributed by atoms with van der Waals surface area (Å²) in [6.07, 6.45) is 2.30. The molecule has 0 radical (unpaired) electrons. The van der Waals surface area contributed by atoms with Crippen LogP contribution in [0.5, 0.6) is 0 Å². The van der Waals surface area contributed by atoms with Crippen molar-refractivity contribution < 1.29 is 14.1 Å². The molecule has 3 nitrogen and oxygen atoms in total. The molecule has 0 saturated heterocycles. The normalized spacial score (nSPS) is 14.3. The van der Waals surface area contributed by atoms with E-state index in [0.717, 1.165) is 19.4 Å². The monoisotopic (exact) mass is 246 g/mol. The van der Waals surface area contributed by atoms with E-state index in [1.54, 1.807) is 0 Å². The fourth-order valence-corrected chi connectivity index (χ4v) is 2.43. The average molecular weight is 246 g/mol. The van der Waals surface area contributed by atoms with E-state index in [9.17, 15) is 4.79 Å². The topological polar surface area (TPSA) is 29.3 Å². The lowest BCUT2D eigenvalue weighted by atomic mass is 9.94. The van der Waals surface area contributed by atoms with Gasteiger partial charge in [-0.1, -0.05) is 18.2 Å². The number of rotatable bonds is 4. The van der Waals surface area contributed by atoms with Crippen molar-refractivity contribution in [3.05, 3.63) is 35.4 Å². The number of hydrogen-bond acceptors (Lipinski definition) is 2. The van der Waals surface area contributed by atoms with Gasteiger partial charge in [-0.25, -0.2) is 4.58 Å². The number of carbonyl (C=O) groups excluding carboxylic acids is 1. The van der Waals surface area contributed by atoms with E-state index in [1.807, 2.05) is 6.92 Å². The number of carbonyl (C=O) groups is 1. The van der Waals surface area contributed by atoms with Crippen LogP contribution in [0.15, 0.2) is 24.3 Å². The predicted molar refractivity (Wildman–Crippen MR) is 71.2 cm³/mol. The Labute approximate surface area is 108 Å². The van der Waals surface area contributed by atoms with Gasteiger partial charge in [-0.05, 0) is 18.6 Å². The van der Waals surface area contributed by atoms with Gasteiger partial charge in [-0.2, -0.15) is 0 Å². The molecule has 0 amide bonds.